The molecule has 27 heavy (non-hydrogen) atoms. The zero-order valence-corrected chi connectivity index (χ0v) is 16.7. The van der Waals surface area contributed by atoms with Crippen molar-refractivity contribution in [3.63, 3.8) is 0 Å². The number of hydrogen-bond donors (Lipinski definition) is 1. The highest BCUT2D eigenvalue weighted by atomic mass is 32.1. The van der Waals surface area contributed by atoms with Gasteiger partial charge >= 0.3 is 0 Å². The van der Waals surface area contributed by atoms with E-state index in [1.54, 1.807) is 11.3 Å². The standard InChI is InChI=1S/C21H27N3O2S/c1-2-15-3-5-18-17(11-15)12-19(27-18)21(25)23-14-16-4-6-20(22-13-16)24-7-9-26-10-8-24/h4,6,12-13,15H,2-3,5,7-11,14H2,1H3,(H,23,25). The molecule has 0 saturated carbocycles. The molecule has 0 aromatic carbocycles. The predicted molar refractivity (Wildman–Crippen MR) is 109 cm³/mol. The fourth-order valence-corrected chi connectivity index (χ4v) is 4.95. The van der Waals surface area contributed by atoms with Gasteiger partial charge in [-0.25, -0.2) is 4.98 Å². The Morgan fingerprint density at radius 1 is 1.37 bits per heavy atom. The van der Waals surface area contributed by atoms with Gasteiger partial charge in [0.05, 0.1) is 18.1 Å². The van der Waals surface area contributed by atoms with Gasteiger partial charge in [-0.2, -0.15) is 0 Å². The van der Waals surface area contributed by atoms with E-state index in [1.165, 1.54) is 23.3 Å². The number of anilines is 1. The van der Waals surface area contributed by atoms with Crippen molar-refractivity contribution in [1.29, 1.82) is 0 Å². The van der Waals surface area contributed by atoms with Crippen LogP contribution in [0.1, 0.15) is 45.4 Å². The van der Waals surface area contributed by atoms with Gasteiger partial charge in [0.15, 0.2) is 0 Å². The fourth-order valence-electron chi connectivity index (χ4n) is 3.83. The van der Waals surface area contributed by atoms with Crippen LogP contribution in [0.15, 0.2) is 24.4 Å². The maximum absolute atomic E-state index is 12.6. The van der Waals surface area contributed by atoms with E-state index in [4.69, 9.17) is 4.74 Å². The largest absolute Gasteiger partial charge is 0.378 e. The van der Waals surface area contributed by atoms with Gasteiger partial charge in [-0.1, -0.05) is 19.4 Å². The molecule has 0 radical (unpaired) electrons. The number of nitrogens with zero attached hydrogens (tertiary/aromatic N) is 2. The molecule has 144 valence electrons. The van der Waals surface area contributed by atoms with E-state index < -0.39 is 0 Å². The average Bonchev–Trinajstić information content (AvgIpc) is 3.16. The number of aryl methyl sites for hydroxylation is 1. The number of nitrogens with one attached hydrogen (secondary N) is 1. The Hall–Kier alpha value is -1.92. The molecule has 0 bridgehead atoms. The SMILES string of the molecule is CCC1CCc2sc(C(=O)NCc3ccc(N4CCOCC4)nc3)cc2C1. The first-order valence-electron chi connectivity index (χ1n) is 9.90. The molecule has 4 rings (SSSR count). The number of carbonyl (C=O) groups excluding carboxylic acids is 1. The van der Waals surface area contributed by atoms with Gasteiger partial charge in [0.2, 0.25) is 0 Å². The zero-order chi connectivity index (χ0) is 18.6. The summed E-state index contributed by atoms with van der Waals surface area (Å²) in [5, 5.41) is 3.05. The number of carbonyl (C=O) groups is 1. The van der Waals surface area contributed by atoms with Crippen molar-refractivity contribution in [2.45, 2.75) is 39.2 Å². The number of rotatable bonds is 5. The summed E-state index contributed by atoms with van der Waals surface area (Å²) in [6.07, 6.45) is 6.59. The van der Waals surface area contributed by atoms with Crippen molar-refractivity contribution in [3.05, 3.63) is 45.3 Å². The molecule has 2 aromatic heterocycles. The van der Waals surface area contributed by atoms with E-state index in [1.807, 2.05) is 18.3 Å². The van der Waals surface area contributed by atoms with E-state index in [0.717, 1.165) is 61.3 Å². The van der Waals surface area contributed by atoms with Crippen molar-refractivity contribution in [2.24, 2.45) is 5.92 Å². The minimum atomic E-state index is 0.0275. The van der Waals surface area contributed by atoms with Crippen molar-refractivity contribution in [3.8, 4) is 0 Å². The molecule has 1 aliphatic heterocycles. The van der Waals surface area contributed by atoms with E-state index in [9.17, 15) is 4.79 Å². The smallest absolute Gasteiger partial charge is 0.261 e. The Labute approximate surface area is 164 Å². The quantitative estimate of drug-likeness (QED) is 0.857. The Kier molecular flexibility index (Phi) is 5.74. The highest BCUT2D eigenvalue weighted by Crippen LogP contribution is 2.33. The first-order valence-corrected chi connectivity index (χ1v) is 10.7. The molecule has 2 aromatic rings. The molecular formula is C21H27N3O2S. The number of ether oxygens (including phenoxy) is 1. The van der Waals surface area contributed by atoms with Crippen LogP contribution in [0.25, 0.3) is 0 Å². The Balaban J connectivity index is 1.33. The second-order valence-corrected chi connectivity index (χ2v) is 8.52. The van der Waals surface area contributed by atoms with Crippen molar-refractivity contribution >= 4 is 23.1 Å². The molecular weight excluding hydrogens is 358 g/mol. The number of pyridine rings is 1. The maximum atomic E-state index is 12.6. The highest BCUT2D eigenvalue weighted by Gasteiger charge is 2.22. The Bertz CT molecular complexity index is 781. The molecule has 1 fully saturated rings. The van der Waals surface area contributed by atoms with Crippen LogP contribution in [0.2, 0.25) is 0 Å². The molecule has 1 unspecified atom stereocenters. The minimum Gasteiger partial charge on any atom is -0.378 e. The van der Waals surface area contributed by atoms with Crippen LogP contribution in [0, 0.1) is 5.92 Å². The third-order valence-corrected chi connectivity index (χ3v) is 6.82. The van der Waals surface area contributed by atoms with Gasteiger partial charge in [-0.3, -0.25) is 4.79 Å². The maximum Gasteiger partial charge on any atom is 0.261 e. The van der Waals surface area contributed by atoms with Crippen LogP contribution in [-0.2, 0) is 24.1 Å². The third-order valence-electron chi connectivity index (χ3n) is 5.58. The molecule has 0 spiro atoms. The third kappa shape index (κ3) is 4.33. The fraction of sp³-hybridized carbons (Fsp3) is 0.524. The van der Waals surface area contributed by atoms with Crippen molar-refractivity contribution in [2.75, 3.05) is 31.2 Å². The predicted octanol–water partition coefficient (Wildman–Crippen LogP) is 3.42. The molecule has 1 aliphatic carbocycles. The van der Waals surface area contributed by atoms with Crippen molar-refractivity contribution < 1.29 is 9.53 Å². The average molecular weight is 386 g/mol. The monoisotopic (exact) mass is 385 g/mol. The lowest BCUT2D eigenvalue weighted by molar-refractivity contribution is 0.0955. The molecule has 1 atom stereocenters. The van der Waals surface area contributed by atoms with Crippen LogP contribution >= 0.6 is 11.3 Å². The van der Waals surface area contributed by atoms with Gasteiger partial charge < -0.3 is 15.0 Å². The van der Waals surface area contributed by atoms with E-state index in [0.29, 0.717) is 6.54 Å². The number of thiophene rings is 1. The number of hydrogen-bond acceptors (Lipinski definition) is 5. The molecule has 2 aliphatic rings. The summed E-state index contributed by atoms with van der Waals surface area (Å²) in [5.41, 5.74) is 2.41. The van der Waals surface area contributed by atoms with E-state index >= 15 is 0 Å². The summed E-state index contributed by atoms with van der Waals surface area (Å²) in [6, 6.07) is 6.18. The lowest BCUT2D eigenvalue weighted by atomic mass is 9.87. The van der Waals surface area contributed by atoms with Gasteiger partial charge in [0, 0.05) is 30.7 Å². The number of morpholine rings is 1. The number of aromatic nitrogens is 1. The van der Waals surface area contributed by atoms with E-state index in [2.05, 4.69) is 28.2 Å². The molecule has 1 N–H and O–H groups in total. The summed E-state index contributed by atoms with van der Waals surface area (Å²) in [6.45, 7) is 6.03. The van der Waals surface area contributed by atoms with Gasteiger partial charge in [0.25, 0.3) is 5.91 Å². The Morgan fingerprint density at radius 2 is 2.22 bits per heavy atom. The molecule has 5 nitrogen and oxygen atoms in total. The Morgan fingerprint density at radius 3 is 2.96 bits per heavy atom. The first kappa shape index (κ1) is 18.4. The molecule has 6 heteroatoms. The minimum absolute atomic E-state index is 0.0275. The lowest BCUT2D eigenvalue weighted by Crippen LogP contribution is -2.36. The van der Waals surface area contributed by atoms with Gasteiger partial charge in [-0.15, -0.1) is 11.3 Å². The van der Waals surface area contributed by atoms with Crippen LogP contribution < -0.4 is 10.2 Å². The second-order valence-electron chi connectivity index (χ2n) is 7.38. The molecule has 1 amide bonds. The lowest BCUT2D eigenvalue weighted by Gasteiger charge is -2.27. The van der Waals surface area contributed by atoms with E-state index in [-0.39, 0.29) is 5.91 Å². The second kappa shape index (κ2) is 8.40. The first-order chi connectivity index (χ1) is 13.2. The van der Waals surface area contributed by atoms with Crippen LogP contribution in [0.4, 0.5) is 5.82 Å². The normalized spacial score (nSPS) is 19.6. The number of fused-ring (bicyclic) bond motifs is 1. The zero-order valence-electron chi connectivity index (χ0n) is 15.9. The summed E-state index contributed by atoms with van der Waals surface area (Å²) in [5.74, 6) is 1.78. The van der Waals surface area contributed by atoms with Crippen molar-refractivity contribution in [1.82, 2.24) is 10.3 Å². The van der Waals surface area contributed by atoms with Crippen LogP contribution in [0.3, 0.4) is 0 Å². The summed E-state index contributed by atoms with van der Waals surface area (Å²) < 4.78 is 5.38. The topological polar surface area (TPSA) is 54.5 Å². The summed E-state index contributed by atoms with van der Waals surface area (Å²) >= 11 is 1.67. The molecule has 1 saturated heterocycles. The van der Waals surface area contributed by atoms with Crippen LogP contribution in [-0.4, -0.2) is 37.2 Å². The van der Waals surface area contributed by atoms with Gasteiger partial charge in [0.1, 0.15) is 5.82 Å². The molecule has 3 heterocycles. The summed E-state index contributed by atoms with van der Waals surface area (Å²) in [7, 11) is 0. The van der Waals surface area contributed by atoms with Crippen LogP contribution in [0.5, 0.6) is 0 Å². The number of amides is 1. The van der Waals surface area contributed by atoms with Gasteiger partial charge in [-0.05, 0) is 48.4 Å². The summed E-state index contributed by atoms with van der Waals surface area (Å²) in [4.78, 5) is 21.6. The highest BCUT2D eigenvalue weighted by molar-refractivity contribution is 7.14.